The number of carbonyl (C=O) groups excluding carboxylic acids is 1. The Morgan fingerprint density at radius 1 is 1.63 bits per heavy atom. The van der Waals surface area contributed by atoms with Crippen molar-refractivity contribution < 1.29 is 4.79 Å². The summed E-state index contributed by atoms with van der Waals surface area (Å²) >= 11 is 0. The maximum Gasteiger partial charge on any atom is 0.272 e. The number of nitrogens with one attached hydrogen (secondary N) is 2. The van der Waals surface area contributed by atoms with Gasteiger partial charge in [0.25, 0.3) is 5.91 Å². The van der Waals surface area contributed by atoms with Gasteiger partial charge in [0.05, 0.1) is 6.04 Å². The van der Waals surface area contributed by atoms with E-state index in [4.69, 9.17) is 0 Å². The molecule has 0 saturated carbocycles. The smallest absolute Gasteiger partial charge is 0.272 e. The SMILES string of the molecule is CCC(C)(C)NC(=O)c1ccn(C2CCCNC2)n1. The minimum absolute atomic E-state index is 0.0885. The molecule has 2 N–H and O–H groups in total. The van der Waals surface area contributed by atoms with Crippen LogP contribution in [0.5, 0.6) is 0 Å². The van der Waals surface area contributed by atoms with E-state index < -0.39 is 0 Å². The first-order valence-electron chi connectivity index (χ1n) is 7.10. The Hall–Kier alpha value is -1.36. The lowest BCUT2D eigenvalue weighted by Crippen LogP contribution is -2.43. The number of hydrogen-bond acceptors (Lipinski definition) is 3. The Labute approximate surface area is 114 Å². The number of aromatic nitrogens is 2. The molecule has 19 heavy (non-hydrogen) atoms. The van der Waals surface area contributed by atoms with Gasteiger partial charge in [-0.1, -0.05) is 6.92 Å². The highest BCUT2D eigenvalue weighted by atomic mass is 16.2. The zero-order chi connectivity index (χ0) is 13.9. The first-order chi connectivity index (χ1) is 9.02. The van der Waals surface area contributed by atoms with Crippen LogP contribution in [0.3, 0.4) is 0 Å². The lowest BCUT2D eigenvalue weighted by molar-refractivity contribution is 0.0904. The predicted octanol–water partition coefficient (Wildman–Crippen LogP) is 1.73. The zero-order valence-electron chi connectivity index (χ0n) is 12.1. The Kier molecular flexibility index (Phi) is 4.24. The van der Waals surface area contributed by atoms with Gasteiger partial charge >= 0.3 is 0 Å². The van der Waals surface area contributed by atoms with Crippen molar-refractivity contribution in [2.75, 3.05) is 13.1 Å². The normalized spacial score (nSPS) is 20.3. The van der Waals surface area contributed by atoms with Crippen LogP contribution in [0.2, 0.25) is 0 Å². The number of amides is 1. The van der Waals surface area contributed by atoms with Crippen LogP contribution in [0.1, 0.15) is 56.6 Å². The van der Waals surface area contributed by atoms with E-state index in [1.54, 1.807) is 6.07 Å². The van der Waals surface area contributed by atoms with Gasteiger partial charge in [0.1, 0.15) is 5.69 Å². The highest BCUT2D eigenvalue weighted by Crippen LogP contribution is 2.16. The number of piperidine rings is 1. The van der Waals surface area contributed by atoms with E-state index in [1.165, 1.54) is 0 Å². The van der Waals surface area contributed by atoms with Gasteiger partial charge < -0.3 is 10.6 Å². The van der Waals surface area contributed by atoms with Gasteiger partial charge in [0.2, 0.25) is 0 Å². The van der Waals surface area contributed by atoms with Gasteiger partial charge in [0, 0.05) is 18.3 Å². The fourth-order valence-electron chi connectivity index (χ4n) is 2.18. The molecule has 1 aliphatic heterocycles. The van der Waals surface area contributed by atoms with Gasteiger partial charge in [-0.2, -0.15) is 5.10 Å². The molecule has 1 aliphatic rings. The summed E-state index contributed by atoms with van der Waals surface area (Å²) in [6, 6.07) is 2.17. The molecule has 5 nitrogen and oxygen atoms in total. The first-order valence-corrected chi connectivity index (χ1v) is 7.10. The summed E-state index contributed by atoms with van der Waals surface area (Å²) < 4.78 is 1.92. The molecule has 106 valence electrons. The van der Waals surface area contributed by atoms with Gasteiger partial charge in [-0.15, -0.1) is 0 Å². The molecule has 0 bridgehead atoms. The number of hydrogen-bond donors (Lipinski definition) is 2. The lowest BCUT2D eigenvalue weighted by atomic mass is 10.0. The first kappa shape index (κ1) is 14.1. The monoisotopic (exact) mass is 264 g/mol. The number of nitrogens with zero attached hydrogens (tertiary/aromatic N) is 2. The van der Waals surface area contributed by atoms with Crippen molar-refractivity contribution in [1.29, 1.82) is 0 Å². The quantitative estimate of drug-likeness (QED) is 0.870. The van der Waals surface area contributed by atoms with Gasteiger partial charge in [-0.05, 0) is 45.7 Å². The zero-order valence-corrected chi connectivity index (χ0v) is 12.1. The third kappa shape index (κ3) is 3.56. The molecule has 2 heterocycles. The number of rotatable bonds is 4. The molecule has 0 spiro atoms. The van der Waals surface area contributed by atoms with Crippen molar-refractivity contribution >= 4 is 5.91 Å². The fraction of sp³-hybridized carbons (Fsp3) is 0.714. The van der Waals surface area contributed by atoms with Crippen LogP contribution >= 0.6 is 0 Å². The average molecular weight is 264 g/mol. The molecule has 2 rings (SSSR count). The van der Waals surface area contributed by atoms with E-state index >= 15 is 0 Å². The Morgan fingerprint density at radius 2 is 2.42 bits per heavy atom. The van der Waals surface area contributed by atoms with Crippen LogP contribution in [-0.4, -0.2) is 34.3 Å². The Morgan fingerprint density at radius 3 is 3.05 bits per heavy atom. The van der Waals surface area contributed by atoms with Crippen molar-refractivity contribution in [1.82, 2.24) is 20.4 Å². The highest BCUT2D eigenvalue weighted by Gasteiger charge is 2.22. The number of carbonyl (C=O) groups is 1. The Bertz CT molecular complexity index is 432. The van der Waals surface area contributed by atoms with Gasteiger partial charge in [-0.25, -0.2) is 0 Å². The molecule has 1 atom stereocenters. The molecule has 0 radical (unpaired) electrons. The van der Waals surface area contributed by atoms with Crippen molar-refractivity contribution in [2.24, 2.45) is 0 Å². The summed E-state index contributed by atoms with van der Waals surface area (Å²) in [4.78, 5) is 12.1. The summed E-state index contributed by atoms with van der Waals surface area (Å²) in [5.41, 5.74) is 0.319. The van der Waals surface area contributed by atoms with E-state index in [2.05, 4.69) is 22.7 Å². The van der Waals surface area contributed by atoms with E-state index in [-0.39, 0.29) is 11.4 Å². The molecule has 0 aromatic carbocycles. The summed E-state index contributed by atoms with van der Waals surface area (Å²) in [6.07, 6.45) is 5.09. The molecule has 1 amide bonds. The second-order valence-corrected chi connectivity index (χ2v) is 5.87. The van der Waals surface area contributed by atoms with E-state index in [0.717, 1.165) is 32.4 Å². The second-order valence-electron chi connectivity index (χ2n) is 5.87. The molecule has 1 fully saturated rings. The molecule has 1 aromatic heterocycles. The maximum absolute atomic E-state index is 12.1. The fourth-order valence-corrected chi connectivity index (χ4v) is 2.18. The molecule has 1 saturated heterocycles. The maximum atomic E-state index is 12.1. The summed E-state index contributed by atoms with van der Waals surface area (Å²) in [5, 5.41) is 10.8. The van der Waals surface area contributed by atoms with Crippen molar-refractivity contribution in [3.63, 3.8) is 0 Å². The van der Waals surface area contributed by atoms with Crippen LogP contribution in [-0.2, 0) is 0 Å². The lowest BCUT2D eigenvalue weighted by Gasteiger charge is -2.24. The van der Waals surface area contributed by atoms with Crippen LogP contribution in [0.25, 0.3) is 0 Å². The molecule has 0 aliphatic carbocycles. The van der Waals surface area contributed by atoms with Crippen LogP contribution < -0.4 is 10.6 Å². The van der Waals surface area contributed by atoms with E-state index in [1.807, 2.05) is 24.7 Å². The average Bonchev–Trinajstić information content (AvgIpc) is 2.89. The largest absolute Gasteiger partial charge is 0.346 e. The van der Waals surface area contributed by atoms with Crippen LogP contribution in [0.4, 0.5) is 0 Å². The van der Waals surface area contributed by atoms with Gasteiger partial charge in [0.15, 0.2) is 0 Å². The van der Waals surface area contributed by atoms with Gasteiger partial charge in [-0.3, -0.25) is 9.48 Å². The molecule has 1 aromatic rings. The minimum Gasteiger partial charge on any atom is -0.346 e. The summed E-state index contributed by atoms with van der Waals surface area (Å²) in [5.74, 6) is -0.0885. The highest BCUT2D eigenvalue weighted by molar-refractivity contribution is 5.92. The molecular weight excluding hydrogens is 240 g/mol. The third-order valence-corrected chi connectivity index (χ3v) is 3.82. The van der Waals surface area contributed by atoms with Crippen molar-refractivity contribution in [3.8, 4) is 0 Å². The third-order valence-electron chi connectivity index (χ3n) is 3.82. The molecule has 5 heteroatoms. The van der Waals surface area contributed by atoms with E-state index in [0.29, 0.717) is 11.7 Å². The van der Waals surface area contributed by atoms with Crippen LogP contribution in [0, 0.1) is 0 Å². The predicted molar refractivity (Wildman–Crippen MR) is 75.2 cm³/mol. The topological polar surface area (TPSA) is 59.0 Å². The summed E-state index contributed by atoms with van der Waals surface area (Å²) in [7, 11) is 0. The minimum atomic E-state index is -0.187. The van der Waals surface area contributed by atoms with E-state index in [9.17, 15) is 4.79 Å². The molecular formula is C14H24N4O. The Balaban J connectivity index is 2.02. The summed E-state index contributed by atoms with van der Waals surface area (Å²) in [6.45, 7) is 8.12. The van der Waals surface area contributed by atoms with Crippen molar-refractivity contribution in [2.45, 2.75) is 51.6 Å². The second kappa shape index (κ2) is 5.74. The standard InChI is InChI=1S/C14H24N4O/c1-4-14(2,3)16-13(19)12-7-9-18(17-12)11-6-5-8-15-10-11/h7,9,11,15H,4-6,8,10H2,1-3H3,(H,16,19). The van der Waals surface area contributed by atoms with Crippen molar-refractivity contribution in [3.05, 3.63) is 18.0 Å². The van der Waals surface area contributed by atoms with Crippen LogP contribution in [0.15, 0.2) is 12.3 Å². The molecule has 1 unspecified atom stereocenters.